The summed E-state index contributed by atoms with van der Waals surface area (Å²) in [6, 6.07) is 8.38. The third-order valence-corrected chi connectivity index (χ3v) is 6.27. The van der Waals surface area contributed by atoms with Gasteiger partial charge >= 0.3 is 5.97 Å². The van der Waals surface area contributed by atoms with E-state index in [9.17, 15) is 4.79 Å². The fraction of sp³-hybridized carbons (Fsp3) is 0.364. The number of anilines is 1. The summed E-state index contributed by atoms with van der Waals surface area (Å²) in [6.45, 7) is 0. The van der Waals surface area contributed by atoms with Gasteiger partial charge in [-0.2, -0.15) is 5.10 Å². The number of hydrogen-bond donors (Lipinski definition) is 1. The summed E-state index contributed by atoms with van der Waals surface area (Å²) in [5.41, 5.74) is 9.90. The van der Waals surface area contributed by atoms with Crippen LogP contribution in [-0.2, 0) is 16.6 Å². The van der Waals surface area contributed by atoms with E-state index in [1.165, 1.54) is 18.8 Å². The average Bonchev–Trinajstić information content (AvgIpc) is 3.35. The van der Waals surface area contributed by atoms with Crippen LogP contribution < -0.4 is 5.73 Å². The standard InChI is InChI=1S/C22H24N6O2/c1-27-10-9-13-3-8-16(11-17(13)27)18-19-20(23)24-12-25-28(19)21(26-18)14-4-6-15(7-5-14)22(29)30-2/h3,8-12,14-15H,4-7H2,1-2H3,(H2,23,24,25)/t14-,15-. The third-order valence-electron chi connectivity index (χ3n) is 6.27. The summed E-state index contributed by atoms with van der Waals surface area (Å²) in [5, 5.41) is 5.65. The van der Waals surface area contributed by atoms with Crippen molar-refractivity contribution in [1.29, 1.82) is 0 Å². The summed E-state index contributed by atoms with van der Waals surface area (Å²) < 4.78 is 8.84. The second-order valence-corrected chi connectivity index (χ2v) is 8.00. The van der Waals surface area contributed by atoms with Crippen molar-refractivity contribution in [2.75, 3.05) is 12.8 Å². The summed E-state index contributed by atoms with van der Waals surface area (Å²) in [4.78, 5) is 21.1. The molecule has 1 fully saturated rings. The number of nitrogen functional groups attached to an aromatic ring is 1. The van der Waals surface area contributed by atoms with Gasteiger partial charge in [0, 0.05) is 30.2 Å². The molecule has 1 aliphatic rings. The topological polar surface area (TPSA) is 100 Å². The molecule has 0 aliphatic heterocycles. The molecule has 0 radical (unpaired) electrons. The largest absolute Gasteiger partial charge is 0.469 e. The lowest BCUT2D eigenvalue weighted by molar-refractivity contribution is -0.146. The highest BCUT2D eigenvalue weighted by atomic mass is 16.5. The molecule has 0 atom stereocenters. The Morgan fingerprint density at radius 3 is 2.77 bits per heavy atom. The van der Waals surface area contributed by atoms with Crippen molar-refractivity contribution in [1.82, 2.24) is 24.1 Å². The second-order valence-electron chi connectivity index (χ2n) is 8.00. The number of benzene rings is 1. The predicted octanol–water partition coefficient (Wildman–Crippen LogP) is 3.31. The van der Waals surface area contributed by atoms with E-state index in [0.29, 0.717) is 5.82 Å². The summed E-state index contributed by atoms with van der Waals surface area (Å²) in [6.07, 6.45) is 6.81. The van der Waals surface area contributed by atoms with Gasteiger partial charge in [0.15, 0.2) is 5.82 Å². The SMILES string of the molecule is COC(=O)[C@H]1CC[C@H](c2nc(-c3ccc4ccn(C)c4c3)c3c(N)ncnn32)CC1. The summed E-state index contributed by atoms with van der Waals surface area (Å²) in [5.74, 6) is 1.35. The van der Waals surface area contributed by atoms with E-state index in [4.69, 9.17) is 15.5 Å². The van der Waals surface area contributed by atoms with Crippen LogP contribution in [0.2, 0.25) is 0 Å². The van der Waals surface area contributed by atoms with Crippen molar-refractivity contribution >= 4 is 28.2 Å². The van der Waals surface area contributed by atoms with Gasteiger partial charge < -0.3 is 15.0 Å². The highest BCUT2D eigenvalue weighted by molar-refractivity contribution is 5.90. The Kier molecular flexibility index (Phi) is 4.42. The first kappa shape index (κ1) is 18.6. The molecule has 0 spiro atoms. The van der Waals surface area contributed by atoms with Crippen LogP contribution in [0.4, 0.5) is 5.82 Å². The smallest absolute Gasteiger partial charge is 0.308 e. The van der Waals surface area contributed by atoms with Crippen molar-refractivity contribution in [3.63, 3.8) is 0 Å². The summed E-state index contributed by atoms with van der Waals surface area (Å²) >= 11 is 0. The van der Waals surface area contributed by atoms with Gasteiger partial charge in [0.2, 0.25) is 0 Å². The van der Waals surface area contributed by atoms with Gasteiger partial charge in [-0.25, -0.2) is 14.5 Å². The van der Waals surface area contributed by atoms with Crippen LogP contribution >= 0.6 is 0 Å². The minimum atomic E-state index is -0.121. The lowest BCUT2D eigenvalue weighted by Gasteiger charge is -2.25. The molecule has 0 amide bonds. The van der Waals surface area contributed by atoms with Gasteiger partial charge in [-0.05, 0) is 43.2 Å². The monoisotopic (exact) mass is 404 g/mol. The molecule has 3 aromatic heterocycles. The minimum Gasteiger partial charge on any atom is -0.469 e. The van der Waals surface area contributed by atoms with E-state index in [-0.39, 0.29) is 17.8 Å². The number of nitrogens with two attached hydrogens (primary N) is 1. The number of rotatable bonds is 3. The molecular formula is C22H24N6O2. The fourth-order valence-electron chi connectivity index (χ4n) is 4.61. The molecule has 1 aliphatic carbocycles. The van der Waals surface area contributed by atoms with Crippen LogP contribution in [0.25, 0.3) is 27.7 Å². The average molecular weight is 404 g/mol. The fourth-order valence-corrected chi connectivity index (χ4v) is 4.61. The van der Waals surface area contributed by atoms with Crippen LogP contribution in [0, 0.1) is 5.92 Å². The Labute approximate surface area is 173 Å². The van der Waals surface area contributed by atoms with E-state index in [1.807, 2.05) is 17.8 Å². The number of hydrogen-bond acceptors (Lipinski definition) is 6. The van der Waals surface area contributed by atoms with Gasteiger partial charge in [0.05, 0.1) is 13.0 Å². The highest BCUT2D eigenvalue weighted by Gasteiger charge is 2.31. The van der Waals surface area contributed by atoms with Crippen LogP contribution in [0.3, 0.4) is 0 Å². The predicted molar refractivity (Wildman–Crippen MR) is 114 cm³/mol. The maximum absolute atomic E-state index is 11.9. The maximum Gasteiger partial charge on any atom is 0.308 e. The quantitative estimate of drug-likeness (QED) is 0.526. The molecule has 154 valence electrons. The Morgan fingerprint density at radius 2 is 2.00 bits per heavy atom. The van der Waals surface area contributed by atoms with Gasteiger partial charge in [0.1, 0.15) is 23.4 Å². The van der Waals surface area contributed by atoms with Gasteiger partial charge in [-0.15, -0.1) is 0 Å². The first-order chi connectivity index (χ1) is 14.6. The number of esters is 1. The normalized spacial score (nSPS) is 19.4. The number of ether oxygens (including phenoxy) is 1. The van der Waals surface area contributed by atoms with Crippen molar-refractivity contribution in [3.05, 3.63) is 42.6 Å². The molecule has 3 heterocycles. The highest BCUT2D eigenvalue weighted by Crippen LogP contribution is 2.38. The minimum absolute atomic E-state index is 0.0311. The Bertz CT molecular complexity index is 1250. The Balaban J connectivity index is 1.59. The molecule has 8 heteroatoms. The molecule has 2 N–H and O–H groups in total. The Hall–Kier alpha value is -3.42. The van der Waals surface area contributed by atoms with Gasteiger partial charge in [-0.3, -0.25) is 4.79 Å². The van der Waals surface area contributed by atoms with Crippen molar-refractivity contribution in [2.24, 2.45) is 13.0 Å². The van der Waals surface area contributed by atoms with Gasteiger partial charge in [-0.1, -0.05) is 12.1 Å². The zero-order valence-electron chi connectivity index (χ0n) is 17.1. The molecule has 0 bridgehead atoms. The molecule has 0 unspecified atom stereocenters. The van der Waals surface area contributed by atoms with E-state index >= 15 is 0 Å². The van der Waals surface area contributed by atoms with E-state index in [2.05, 4.69) is 38.9 Å². The number of fused-ring (bicyclic) bond motifs is 2. The Morgan fingerprint density at radius 1 is 1.20 bits per heavy atom. The molecule has 5 rings (SSSR count). The zero-order chi connectivity index (χ0) is 20.8. The van der Waals surface area contributed by atoms with Crippen LogP contribution in [0.5, 0.6) is 0 Å². The molecule has 0 saturated heterocycles. The number of aromatic nitrogens is 5. The lowest BCUT2D eigenvalue weighted by Crippen LogP contribution is -2.23. The molecule has 4 aromatic rings. The van der Waals surface area contributed by atoms with Crippen molar-refractivity contribution in [3.8, 4) is 11.3 Å². The van der Waals surface area contributed by atoms with Crippen LogP contribution in [-0.4, -0.2) is 37.2 Å². The molecule has 1 saturated carbocycles. The lowest BCUT2D eigenvalue weighted by atomic mass is 9.81. The first-order valence-electron chi connectivity index (χ1n) is 10.2. The number of carbonyl (C=O) groups is 1. The van der Waals surface area contributed by atoms with E-state index in [1.54, 1.807) is 0 Å². The maximum atomic E-state index is 11.9. The van der Waals surface area contributed by atoms with Crippen molar-refractivity contribution < 1.29 is 9.53 Å². The van der Waals surface area contributed by atoms with Gasteiger partial charge in [0.25, 0.3) is 0 Å². The molecule has 30 heavy (non-hydrogen) atoms. The van der Waals surface area contributed by atoms with Crippen LogP contribution in [0.1, 0.15) is 37.4 Å². The second kappa shape index (κ2) is 7.12. The third kappa shape index (κ3) is 2.91. The first-order valence-corrected chi connectivity index (χ1v) is 10.2. The molecule has 1 aromatic carbocycles. The number of imidazole rings is 1. The molecule has 8 nitrogen and oxygen atoms in total. The number of aryl methyl sites for hydroxylation is 1. The molecular weight excluding hydrogens is 380 g/mol. The number of methoxy groups -OCH3 is 1. The number of nitrogens with zero attached hydrogens (tertiary/aromatic N) is 5. The van der Waals surface area contributed by atoms with Crippen LogP contribution in [0.15, 0.2) is 36.8 Å². The summed E-state index contributed by atoms with van der Waals surface area (Å²) in [7, 11) is 3.48. The van der Waals surface area contributed by atoms with E-state index < -0.39 is 0 Å². The zero-order valence-corrected chi connectivity index (χ0v) is 17.1. The van der Waals surface area contributed by atoms with Crippen molar-refractivity contribution in [2.45, 2.75) is 31.6 Å². The number of carbonyl (C=O) groups excluding carboxylic acids is 1. The van der Waals surface area contributed by atoms with E-state index in [0.717, 1.165) is 53.8 Å².